The lowest BCUT2D eigenvalue weighted by Crippen LogP contribution is -2.37. The zero-order valence-corrected chi connectivity index (χ0v) is 10.6. The summed E-state index contributed by atoms with van der Waals surface area (Å²) in [6.45, 7) is 3.75. The molecule has 2 rings (SSSR count). The zero-order valence-electron chi connectivity index (χ0n) is 8.23. The third kappa shape index (κ3) is 1.96. The normalized spacial score (nSPS) is 18.3. The van der Waals surface area contributed by atoms with Gasteiger partial charge in [0.25, 0.3) is 0 Å². The van der Waals surface area contributed by atoms with Gasteiger partial charge in [-0.05, 0) is 26.0 Å². The number of rotatable bonds is 0. The van der Waals surface area contributed by atoms with Crippen molar-refractivity contribution >= 4 is 46.6 Å². The Hall–Kier alpha value is -0.380. The molecule has 0 unspecified atom stereocenters. The van der Waals surface area contributed by atoms with Crippen LogP contribution in [0, 0.1) is 0 Å². The number of thioether (sulfide) groups is 1. The van der Waals surface area contributed by atoms with Crippen LogP contribution in [-0.4, -0.2) is 10.7 Å². The Labute approximate surface area is 102 Å². The van der Waals surface area contributed by atoms with E-state index in [0.717, 1.165) is 10.6 Å². The van der Waals surface area contributed by atoms with E-state index in [4.69, 9.17) is 23.2 Å². The van der Waals surface area contributed by atoms with E-state index in [1.807, 2.05) is 13.8 Å². The van der Waals surface area contributed by atoms with Crippen LogP contribution in [0.15, 0.2) is 17.0 Å². The minimum atomic E-state index is -0.468. The second-order valence-electron chi connectivity index (χ2n) is 3.83. The molecule has 1 heterocycles. The predicted octanol–water partition coefficient (Wildman–Crippen LogP) is 3.82. The van der Waals surface area contributed by atoms with Crippen LogP contribution in [-0.2, 0) is 4.79 Å². The molecule has 80 valence electrons. The summed E-state index contributed by atoms with van der Waals surface area (Å²) in [7, 11) is 0. The number of benzene rings is 1. The van der Waals surface area contributed by atoms with Crippen molar-refractivity contribution in [2.24, 2.45) is 0 Å². The summed E-state index contributed by atoms with van der Waals surface area (Å²) in [6.07, 6.45) is 0. The first-order valence-corrected chi connectivity index (χ1v) is 5.97. The second-order valence-corrected chi connectivity index (χ2v) is 6.31. The molecule has 0 radical (unpaired) electrons. The Morgan fingerprint density at radius 2 is 1.87 bits per heavy atom. The fourth-order valence-corrected chi connectivity index (χ4v) is 2.79. The molecular formula is C10H9Cl2NOS. The smallest absolute Gasteiger partial charge is 0.240 e. The number of fused-ring (bicyclic) bond motifs is 1. The fourth-order valence-electron chi connectivity index (χ4n) is 1.30. The summed E-state index contributed by atoms with van der Waals surface area (Å²) in [6, 6.07) is 3.46. The Morgan fingerprint density at radius 1 is 1.27 bits per heavy atom. The summed E-state index contributed by atoms with van der Waals surface area (Å²) in [4.78, 5) is 12.6. The maximum atomic E-state index is 11.7. The standard InChI is InChI=1S/C10H9Cl2NOS/c1-10(2)9(14)13-7-3-5(11)6(12)4-8(7)15-10/h3-4H,1-2H3,(H,13,14). The highest BCUT2D eigenvalue weighted by atomic mass is 35.5. The Balaban J connectivity index is 2.51. The SMILES string of the molecule is CC1(C)Sc2cc(Cl)c(Cl)cc2NC1=O. The highest BCUT2D eigenvalue weighted by Crippen LogP contribution is 2.44. The van der Waals surface area contributed by atoms with E-state index in [9.17, 15) is 4.79 Å². The zero-order chi connectivity index (χ0) is 11.2. The van der Waals surface area contributed by atoms with Crippen LogP contribution in [0.25, 0.3) is 0 Å². The third-order valence-electron chi connectivity index (χ3n) is 2.18. The predicted molar refractivity (Wildman–Crippen MR) is 65.0 cm³/mol. The van der Waals surface area contributed by atoms with Crippen molar-refractivity contribution in [3.8, 4) is 0 Å². The molecule has 5 heteroatoms. The van der Waals surface area contributed by atoms with Crippen molar-refractivity contribution in [1.29, 1.82) is 0 Å². The lowest BCUT2D eigenvalue weighted by molar-refractivity contribution is -0.117. The Bertz CT molecular complexity index is 445. The van der Waals surface area contributed by atoms with Gasteiger partial charge in [0.15, 0.2) is 0 Å². The molecule has 0 saturated heterocycles. The van der Waals surface area contributed by atoms with Gasteiger partial charge >= 0.3 is 0 Å². The fraction of sp³-hybridized carbons (Fsp3) is 0.300. The number of hydrogen-bond acceptors (Lipinski definition) is 2. The van der Waals surface area contributed by atoms with Crippen LogP contribution < -0.4 is 5.32 Å². The molecule has 0 atom stereocenters. The monoisotopic (exact) mass is 261 g/mol. The molecule has 0 bridgehead atoms. The van der Waals surface area contributed by atoms with Gasteiger partial charge in [-0.15, -0.1) is 11.8 Å². The molecule has 1 aromatic carbocycles. The summed E-state index contributed by atoms with van der Waals surface area (Å²) in [5.41, 5.74) is 0.735. The van der Waals surface area contributed by atoms with Crippen LogP contribution in [0.5, 0.6) is 0 Å². The van der Waals surface area contributed by atoms with Gasteiger partial charge in [-0.2, -0.15) is 0 Å². The Morgan fingerprint density at radius 3 is 2.53 bits per heavy atom. The molecule has 0 spiro atoms. The Kier molecular flexibility index (Phi) is 2.65. The van der Waals surface area contributed by atoms with E-state index in [-0.39, 0.29) is 5.91 Å². The van der Waals surface area contributed by atoms with Gasteiger partial charge in [-0.25, -0.2) is 0 Å². The van der Waals surface area contributed by atoms with Crippen molar-refractivity contribution in [2.75, 3.05) is 5.32 Å². The van der Waals surface area contributed by atoms with Gasteiger partial charge in [-0.1, -0.05) is 23.2 Å². The summed E-state index contributed by atoms with van der Waals surface area (Å²) in [5, 5.41) is 3.78. The highest BCUT2D eigenvalue weighted by molar-refractivity contribution is 8.01. The van der Waals surface area contributed by atoms with E-state index < -0.39 is 4.75 Å². The molecule has 1 aliphatic rings. The minimum Gasteiger partial charge on any atom is -0.324 e. The van der Waals surface area contributed by atoms with E-state index in [1.54, 1.807) is 12.1 Å². The van der Waals surface area contributed by atoms with Gasteiger partial charge in [0.2, 0.25) is 5.91 Å². The molecule has 15 heavy (non-hydrogen) atoms. The van der Waals surface area contributed by atoms with Gasteiger partial charge < -0.3 is 5.32 Å². The van der Waals surface area contributed by atoms with E-state index >= 15 is 0 Å². The first-order valence-electron chi connectivity index (χ1n) is 4.40. The van der Waals surface area contributed by atoms with Crippen LogP contribution in [0.3, 0.4) is 0 Å². The molecule has 1 amide bonds. The van der Waals surface area contributed by atoms with Crippen LogP contribution in [0.4, 0.5) is 5.69 Å². The van der Waals surface area contributed by atoms with Gasteiger partial charge in [0.1, 0.15) is 0 Å². The minimum absolute atomic E-state index is 0.0154. The number of amides is 1. The molecular weight excluding hydrogens is 253 g/mol. The van der Waals surface area contributed by atoms with E-state index in [1.165, 1.54) is 11.8 Å². The van der Waals surface area contributed by atoms with Gasteiger partial charge in [-0.3, -0.25) is 4.79 Å². The van der Waals surface area contributed by atoms with Gasteiger partial charge in [0.05, 0.1) is 20.5 Å². The van der Waals surface area contributed by atoms with Crippen molar-refractivity contribution in [1.82, 2.24) is 0 Å². The van der Waals surface area contributed by atoms with Crippen LogP contribution in [0.1, 0.15) is 13.8 Å². The molecule has 0 fully saturated rings. The lowest BCUT2D eigenvalue weighted by Gasteiger charge is -2.29. The largest absolute Gasteiger partial charge is 0.324 e. The molecule has 2 nitrogen and oxygen atoms in total. The first kappa shape index (κ1) is 11.1. The quantitative estimate of drug-likeness (QED) is 0.770. The maximum Gasteiger partial charge on any atom is 0.240 e. The van der Waals surface area contributed by atoms with Crippen molar-refractivity contribution in [3.05, 3.63) is 22.2 Å². The summed E-state index contributed by atoms with van der Waals surface area (Å²) >= 11 is 13.3. The number of anilines is 1. The van der Waals surface area contributed by atoms with Crippen LogP contribution in [0.2, 0.25) is 10.0 Å². The average molecular weight is 262 g/mol. The number of hydrogen-bond donors (Lipinski definition) is 1. The third-order valence-corrected chi connectivity index (χ3v) is 4.16. The molecule has 1 aliphatic heterocycles. The molecule has 0 aromatic heterocycles. The topological polar surface area (TPSA) is 29.1 Å². The van der Waals surface area contributed by atoms with Crippen LogP contribution >= 0.6 is 35.0 Å². The van der Waals surface area contributed by atoms with Gasteiger partial charge in [0, 0.05) is 4.90 Å². The van der Waals surface area contributed by atoms with Crippen molar-refractivity contribution in [3.63, 3.8) is 0 Å². The molecule has 1 aromatic rings. The highest BCUT2D eigenvalue weighted by Gasteiger charge is 2.34. The second kappa shape index (κ2) is 3.58. The van der Waals surface area contributed by atoms with Crippen molar-refractivity contribution < 1.29 is 4.79 Å². The number of halogens is 2. The van der Waals surface area contributed by atoms with E-state index in [0.29, 0.717) is 10.0 Å². The van der Waals surface area contributed by atoms with Crippen molar-refractivity contribution in [2.45, 2.75) is 23.5 Å². The molecule has 1 N–H and O–H groups in total. The first-order chi connectivity index (χ1) is 6.90. The lowest BCUT2D eigenvalue weighted by atomic mass is 10.1. The average Bonchev–Trinajstić information content (AvgIpc) is 2.11. The number of nitrogens with one attached hydrogen (secondary N) is 1. The summed E-state index contributed by atoms with van der Waals surface area (Å²) in [5.74, 6) is -0.0154. The number of carbonyl (C=O) groups is 1. The summed E-state index contributed by atoms with van der Waals surface area (Å²) < 4.78 is -0.468. The molecule has 0 saturated carbocycles. The molecule has 0 aliphatic carbocycles. The van der Waals surface area contributed by atoms with E-state index in [2.05, 4.69) is 5.32 Å². The number of carbonyl (C=O) groups excluding carboxylic acids is 1. The maximum absolute atomic E-state index is 11.7.